The van der Waals surface area contributed by atoms with Crippen molar-refractivity contribution < 1.29 is 9.47 Å². The summed E-state index contributed by atoms with van der Waals surface area (Å²) in [6.07, 6.45) is 4.18. The van der Waals surface area contributed by atoms with Crippen LogP contribution in [-0.4, -0.2) is 13.2 Å². The normalized spacial score (nSPS) is 10.7. The second-order valence-corrected chi connectivity index (χ2v) is 4.34. The van der Waals surface area contributed by atoms with Crippen molar-refractivity contribution in [2.45, 2.75) is 13.8 Å². The summed E-state index contributed by atoms with van der Waals surface area (Å²) < 4.78 is 10.8. The van der Waals surface area contributed by atoms with E-state index >= 15 is 0 Å². The molecule has 0 saturated carbocycles. The number of benzene rings is 2. The van der Waals surface area contributed by atoms with Crippen molar-refractivity contribution in [2.24, 2.45) is 0 Å². The predicted octanol–water partition coefficient (Wildman–Crippen LogP) is 4.65. The lowest BCUT2D eigenvalue weighted by Crippen LogP contribution is -1.90. The van der Waals surface area contributed by atoms with E-state index in [-0.39, 0.29) is 0 Å². The highest BCUT2D eigenvalue weighted by Crippen LogP contribution is 2.16. The molecule has 0 spiro atoms. The van der Waals surface area contributed by atoms with Gasteiger partial charge in [0.05, 0.1) is 13.2 Å². The van der Waals surface area contributed by atoms with Gasteiger partial charge in [0.15, 0.2) is 0 Å². The SMILES string of the molecule is CCOc1ccc(/C=C\c2ccc(OCC)cc2)cc1. The molecular formula is C18H20O2. The molecule has 2 aromatic rings. The standard InChI is InChI=1S/C18H20O2/c1-3-19-17-11-7-15(8-12-17)5-6-16-9-13-18(14-10-16)20-4-2/h5-14H,3-4H2,1-2H3/b6-5-. The van der Waals surface area contributed by atoms with E-state index in [0.717, 1.165) is 22.6 Å². The van der Waals surface area contributed by atoms with Crippen molar-refractivity contribution in [3.8, 4) is 11.5 Å². The van der Waals surface area contributed by atoms with Gasteiger partial charge in [0.25, 0.3) is 0 Å². The zero-order valence-corrected chi connectivity index (χ0v) is 12.0. The van der Waals surface area contributed by atoms with Gasteiger partial charge in [0.2, 0.25) is 0 Å². The lowest BCUT2D eigenvalue weighted by Gasteiger charge is -2.03. The van der Waals surface area contributed by atoms with Crippen molar-refractivity contribution in [3.63, 3.8) is 0 Å². The summed E-state index contributed by atoms with van der Waals surface area (Å²) in [7, 11) is 0. The van der Waals surface area contributed by atoms with Crippen LogP contribution >= 0.6 is 0 Å². The fourth-order valence-electron chi connectivity index (χ4n) is 1.88. The van der Waals surface area contributed by atoms with Gasteiger partial charge in [-0.2, -0.15) is 0 Å². The zero-order chi connectivity index (χ0) is 14.2. The largest absolute Gasteiger partial charge is 0.494 e. The average Bonchev–Trinajstić information content (AvgIpc) is 2.49. The molecule has 0 amide bonds. The minimum atomic E-state index is 0.696. The minimum Gasteiger partial charge on any atom is -0.494 e. The van der Waals surface area contributed by atoms with Crippen molar-refractivity contribution in [3.05, 3.63) is 59.7 Å². The van der Waals surface area contributed by atoms with E-state index in [0.29, 0.717) is 13.2 Å². The lowest BCUT2D eigenvalue weighted by molar-refractivity contribution is 0.340. The van der Waals surface area contributed by atoms with E-state index in [4.69, 9.17) is 9.47 Å². The third-order valence-electron chi connectivity index (χ3n) is 2.85. The minimum absolute atomic E-state index is 0.696. The predicted molar refractivity (Wildman–Crippen MR) is 84.2 cm³/mol. The maximum absolute atomic E-state index is 5.42. The molecule has 0 saturated heterocycles. The molecule has 2 heteroatoms. The molecule has 0 radical (unpaired) electrons. The smallest absolute Gasteiger partial charge is 0.119 e. The molecule has 0 unspecified atom stereocenters. The van der Waals surface area contributed by atoms with Crippen LogP contribution in [0.5, 0.6) is 11.5 Å². The maximum atomic E-state index is 5.42. The van der Waals surface area contributed by atoms with E-state index < -0.39 is 0 Å². The Balaban J connectivity index is 2.01. The Kier molecular flexibility index (Phi) is 5.24. The Morgan fingerprint density at radius 3 is 1.30 bits per heavy atom. The molecule has 0 heterocycles. The second-order valence-electron chi connectivity index (χ2n) is 4.34. The first-order valence-corrected chi connectivity index (χ1v) is 6.95. The van der Waals surface area contributed by atoms with Crippen molar-refractivity contribution in [2.75, 3.05) is 13.2 Å². The summed E-state index contributed by atoms with van der Waals surface area (Å²) in [4.78, 5) is 0. The van der Waals surface area contributed by atoms with E-state index in [1.54, 1.807) is 0 Å². The van der Waals surface area contributed by atoms with E-state index in [9.17, 15) is 0 Å². The van der Waals surface area contributed by atoms with Crippen LogP contribution in [0.25, 0.3) is 12.2 Å². The van der Waals surface area contributed by atoms with Gasteiger partial charge in [-0.1, -0.05) is 36.4 Å². The first-order chi connectivity index (χ1) is 9.81. The van der Waals surface area contributed by atoms with Gasteiger partial charge in [0, 0.05) is 0 Å². The molecule has 0 N–H and O–H groups in total. The van der Waals surface area contributed by atoms with Crippen LogP contribution in [0.2, 0.25) is 0 Å². The van der Waals surface area contributed by atoms with Crippen LogP contribution < -0.4 is 9.47 Å². The Bertz CT molecular complexity index is 487. The van der Waals surface area contributed by atoms with Crippen LogP contribution in [0, 0.1) is 0 Å². The zero-order valence-electron chi connectivity index (χ0n) is 12.0. The van der Waals surface area contributed by atoms with Crippen molar-refractivity contribution in [1.29, 1.82) is 0 Å². The van der Waals surface area contributed by atoms with Gasteiger partial charge >= 0.3 is 0 Å². The van der Waals surface area contributed by atoms with Gasteiger partial charge in [-0.05, 0) is 49.2 Å². The molecule has 20 heavy (non-hydrogen) atoms. The number of ether oxygens (including phenoxy) is 2. The summed E-state index contributed by atoms with van der Waals surface area (Å²) in [6, 6.07) is 16.2. The molecule has 0 bridgehead atoms. The first kappa shape index (κ1) is 14.2. The Morgan fingerprint density at radius 1 is 0.650 bits per heavy atom. The summed E-state index contributed by atoms with van der Waals surface area (Å²) in [5.41, 5.74) is 2.31. The summed E-state index contributed by atoms with van der Waals surface area (Å²) in [5, 5.41) is 0. The number of hydrogen-bond donors (Lipinski definition) is 0. The Labute approximate surface area is 120 Å². The highest BCUT2D eigenvalue weighted by molar-refractivity contribution is 5.70. The molecule has 104 valence electrons. The molecule has 0 aliphatic carbocycles. The number of rotatable bonds is 6. The fraction of sp³-hybridized carbons (Fsp3) is 0.222. The summed E-state index contributed by atoms with van der Waals surface area (Å²) in [5.74, 6) is 1.82. The van der Waals surface area contributed by atoms with Gasteiger partial charge in [-0.15, -0.1) is 0 Å². The van der Waals surface area contributed by atoms with E-state index in [1.807, 2.05) is 38.1 Å². The molecule has 0 aliphatic rings. The van der Waals surface area contributed by atoms with Gasteiger partial charge in [-0.3, -0.25) is 0 Å². The quantitative estimate of drug-likeness (QED) is 0.710. The molecular weight excluding hydrogens is 248 g/mol. The third-order valence-corrected chi connectivity index (χ3v) is 2.85. The first-order valence-electron chi connectivity index (χ1n) is 6.95. The van der Waals surface area contributed by atoms with Crippen LogP contribution in [0.15, 0.2) is 48.5 Å². The van der Waals surface area contributed by atoms with Gasteiger partial charge in [-0.25, -0.2) is 0 Å². The Morgan fingerprint density at radius 2 is 1.00 bits per heavy atom. The monoisotopic (exact) mass is 268 g/mol. The van der Waals surface area contributed by atoms with Gasteiger partial charge < -0.3 is 9.47 Å². The van der Waals surface area contributed by atoms with Crippen molar-refractivity contribution in [1.82, 2.24) is 0 Å². The summed E-state index contributed by atoms with van der Waals surface area (Å²) >= 11 is 0. The van der Waals surface area contributed by atoms with E-state index in [2.05, 4.69) is 36.4 Å². The molecule has 2 nitrogen and oxygen atoms in total. The molecule has 0 aliphatic heterocycles. The molecule has 0 fully saturated rings. The molecule has 0 aromatic heterocycles. The Hall–Kier alpha value is -2.22. The highest BCUT2D eigenvalue weighted by atomic mass is 16.5. The topological polar surface area (TPSA) is 18.5 Å². The van der Waals surface area contributed by atoms with Crippen LogP contribution in [0.3, 0.4) is 0 Å². The average molecular weight is 268 g/mol. The molecule has 2 aromatic carbocycles. The lowest BCUT2D eigenvalue weighted by atomic mass is 10.1. The molecule has 0 atom stereocenters. The van der Waals surface area contributed by atoms with Gasteiger partial charge in [0.1, 0.15) is 11.5 Å². The second kappa shape index (κ2) is 7.39. The molecule has 2 rings (SSSR count). The van der Waals surface area contributed by atoms with Crippen LogP contribution in [0.1, 0.15) is 25.0 Å². The van der Waals surface area contributed by atoms with Crippen LogP contribution in [-0.2, 0) is 0 Å². The highest BCUT2D eigenvalue weighted by Gasteiger charge is 1.93. The summed E-state index contributed by atoms with van der Waals surface area (Å²) in [6.45, 7) is 5.36. The number of hydrogen-bond acceptors (Lipinski definition) is 2. The fourth-order valence-corrected chi connectivity index (χ4v) is 1.88. The van der Waals surface area contributed by atoms with Crippen LogP contribution in [0.4, 0.5) is 0 Å². The van der Waals surface area contributed by atoms with E-state index in [1.165, 1.54) is 0 Å². The maximum Gasteiger partial charge on any atom is 0.119 e. The third kappa shape index (κ3) is 4.16. The van der Waals surface area contributed by atoms with Crippen molar-refractivity contribution >= 4 is 12.2 Å².